The van der Waals surface area contributed by atoms with Crippen molar-refractivity contribution in [3.8, 4) is 0 Å². The van der Waals surface area contributed by atoms with Crippen LogP contribution in [0.15, 0.2) is 24.3 Å². The third kappa shape index (κ3) is 38.0. The lowest BCUT2D eigenvalue weighted by Crippen LogP contribution is -2.52. The first-order valence-electron chi connectivity index (χ1n) is 20.9. The number of quaternary nitrogens is 1. The van der Waals surface area contributed by atoms with Crippen LogP contribution in [0.2, 0.25) is 0 Å². The van der Waals surface area contributed by atoms with Crippen molar-refractivity contribution in [3.63, 3.8) is 0 Å². The minimum atomic E-state index is -4.33. The van der Waals surface area contributed by atoms with Crippen LogP contribution in [-0.4, -0.2) is 49.3 Å². The Morgan fingerprint density at radius 2 is 0.961 bits per heavy atom. The summed E-state index contributed by atoms with van der Waals surface area (Å²) < 4.78 is 32.8. The first-order valence-corrected chi connectivity index (χ1v) is 22.4. The van der Waals surface area contributed by atoms with Gasteiger partial charge in [-0.1, -0.05) is 141 Å². The van der Waals surface area contributed by atoms with Crippen LogP contribution < -0.4 is 5.73 Å². The van der Waals surface area contributed by atoms with Crippen molar-refractivity contribution < 1.29 is 43.3 Å². The Bertz CT molecular complexity index is 897. The van der Waals surface area contributed by atoms with Crippen molar-refractivity contribution in [3.05, 3.63) is 24.3 Å². The molecule has 0 aromatic carbocycles. The van der Waals surface area contributed by atoms with Gasteiger partial charge in [-0.25, -0.2) is 4.57 Å². The van der Waals surface area contributed by atoms with Gasteiger partial charge in [0.05, 0.1) is 13.2 Å². The third-order valence-electron chi connectivity index (χ3n) is 8.84. The second-order valence-corrected chi connectivity index (χ2v) is 15.4. The number of carbonyl (C=O) groups excluding carboxylic acids is 2. The molecule has 9 nitrogen and oxygen atoms in total. The van der Waals surface area contributed by atoms with Crippen LogP contribution in [0.4, 0.5) is 0 Å². The Kier molecular flexibility index (Phi) is 37.1. The molecule has 0 amide bonds. The van der Waals surface area contributed by atoms with Crippen molar-refractivity contribution in [2.24, 2.45) is 0 Å². The molecule has 0 aromatic rings. The highest BCUT2D eigenvalue weighted by atomic mass is 31.2. The molecule has 300 valence electrons. The highest BCUT2D eigenvalue weighted by molar-refractivity contribution is 7.47. The maximum Gasteiger partial charge on any atom is 0.472 e. The fraction of sp³-hybridized carbons (Fsp3) is 0.854. The molecule has 0 aliphatic carbocycles. The monoisotopic (exact) mass is 745 g/mol. The molecule has 0 heterocycles. The zero-order chi connectivity index (χ0) is 37.5. The number of unbranched alkanes of at least 4 members (excludes halogenated alkanes) is 22. The molecule has 0 aromatic heterocycles. The number of allylic oxidation sites excluding steroid dienone is 4. The maximum atomic E-state index is 12.6. The van der Waals surface area contributed by atoms with E-state index < -0.39 is 26.5 Å². The summed E-state index contributed by atoms with van der Waals surface area (Å²) in [5, 5.41) is 0. The molecule has 10 heteroatoms. The summed E-state index contributed by atoms with van der Waals surface area (Å²) in [5.74, 6) is -0.826. The van der Waals surface area contributed by atoms with Gasteiger partial charge in [0.1, 0.15) is 13.2 Å². The van der Waals surface area contributed by atoms with E-state index in [9.17, 15) is 19.0 Å². The van der Waals surface area contributed by atoms with Gasteiger partial charge >= 0.3 is 19.8 Å². The Morgan fingerprint density at radius 1 is 0.569 bits per heavy atom. The van der Waals surface area contributed by atoms with E-state index in [0.717, 1.165) is 70.6 Å². The molecule has 0 rings (SSSR count). The van der Waals surface area contributed by atoms with Crippen LogP contribution in [0.1, 0.15) is 194 Å². The Balaban J connectivity index is 4.20. The fourth-order valence-corrected chi connectivity index (χ4v) is 6.48. The second kappa shape index (κ2) is 38.2. The number of rotatable bonds is 39. The van der Waals surface area contributed by atoms with Gasteiger partial charge in [-0.2, -0.15) is 0 Å². The first kappa shape index (κ1) is 49.5. The molecule has 0 aliphatic rings. The van der Waals surface area contributed by atoms with Crippen molar-refractivity contribution in [2.75, 3.05) is 26.4 Å². The normalized spacial score (nSPS) is 13.6. The Hall–Kier alpha value is -1.51. The largest absolute Gasteiger partial charge is 0.472 e. The fourth-order valence-electron chi connectivity index (χ4n) is 5.69. The highest BCUT2D eigenvalue weighted by Crippen LogP contribution is 2.43. The summed E-state index contributed by atoms with van der Waals surface area (Å²) in [6.07, 6.45) is 39.3. The number of carbonyl (C=O) groups is 2. The van der Waals surface area contributed by atoms with Gasteiger partial charge in [-0.05, 0) is 64.2 Å². The summed E-state index contributed by atoms with van der Waals surface area (Å²) in [7, 11) is -4.33. The minimum Gasteiger partial charge on any atom is -0.462 e. The number of phosphoric acid groups is 1. The quantitative estimate of drug-likeness (QED) is 0.0275. The van der Waals surface area contributed by atoms with Gasteiger partial charge < -0.3 is 20.1 Å². The maximum absolute atomic E-state index is 12.6. The van der Waals surface area contributed by atoms with Crippen molar-refractivity contribution in [2.45, 2.75) is 200 Å². The lowest BCUT2D eigenvalue weighted by atomic mass is 10.1. The lowest BCUT2D eigenvalue weighted by molar-refractivity contribution is -0.371. The summed E-state index contributed by atoms with van der Waals surface area (Å²) >= 11 is 0. The molecule has 0 saturated carbocycles. The standard InChI is InChI=1S/C41H78NO8P/c1-3-5-7-9-11-13-15-17-19-21-23-25-27-29-31-33-40(43)47-37-39(38-49-51(45,46)48-36-35-42)50-41(44)34-32-30-28-26-24-22-20-18-16-14-12-10-8-6-4-2/h17-20,39H,3-16,21-38,42H2,1-2H3,(H,45,46)/p+1/b19-17-,20-18+/t39-/m1/s1. The van der Waals surface area contributed by atoms with E-state index in [2.05, 4.69) is 43.9 Å². The molecule has 0 radical (unpaired) electrons. The number of hydrogen-bond donors (Lipinski definition) is 2. The lowest BCUT2D eigenvalue weighted by Gasteiger charge is -2.19. The number of phosphoric ester groups is 1. The van der Waals surface area contributed by atoms with Crippen LogP contribution in [0.5, 0.6) is 0 Å². The average Bonchev–Trinajstić information content (AvgIpc) is 3.11. The molecule has 0 spiro atoms. The molecule has 0 saturated heterocycles. The molecule has 51 heavy (non-hydrogen) atoms. The topological polar surface area (TPSA) is 136 Å². The molecule has 0 fully saturated rings. The van der Waals surface area contributed by atoms with Crippen LogP contribution >= 0.6 is 7.82 Å². The smallest absolute Gasteiger partial charge is 0.462 e. The Labute approximate surface area is 312 Å². The highest BCUT2D eigenvalue weighted by Gasteiger charge is 2.26. The summed E-state index contributed by atoms with van der Waals surface area (Å²) in [5.41, 5.74) is 3.58. The molecule has 4 N–H and O–H groups in total. The van der Waals surface area contributed by atoms with Crippen LogP contribution in [0, 0.1) is 0 Å². The summed E-state index contributed by atoms with van der Waals surface area (Å²) in [6, 6.07) is 0. The van der Waals surface area contributed by atoms with Crippen LogP contribution in [0.25, 0.3) is 0 Å². The number of ether oxygens (including phenoxy) is 2. The predicted molar refractivity (Wildman–Crippen MR) is 209 cm³/mol. The van der Waals surface area contributed by atoms with E-state index >= 15 is 0 Å². The summed E-state index contributed by atoms with van der Waals surface area (Å²) in [6.45, 7) is 4.10. The van der Waals surface area contributed by atoms with Crippen molar-refractivity contribution >= 4 is 19.8 Å². The predicted octanol–water partition coefficient (Wildman–Crippen LogP) is 10.9. The van der Waals surface area contributed by atoms with E-state index in [-0.39, 0.29) is 32.0 Å². The molecular weight excluding hydrogens is 665 g/mol. The van der Waals surface area contributed by atoms with Crippen LogP contribution in [0.3, 0.4) is 0 Å². The molecular formula is C41H79NO8P+. The van der Waals surface area contributed by atoms with E-state index in [1.165, 1.54) is 89.9 Å². The third-order valence-corrected chi connectivity index (χ3v) is 9.82. The van der Waals surface area contributed by atoms with Gasteiger partial charge in [0, 0.05) is 12.8 Å². The SMILES string of the molecule is CCCCCCCC/C=C\CCCCCCCC(=O)OC[C@H](COP(=O)(O)OCC[NH3+])OC(=O)CCCCCCC/C=C/CCCCCCCC. The number of hydrogen-bond acceptors (Lipinski definition) is 7. The van der Waals surface area contributed by atoms with E-state index in [4.69, 9.17) is 18.5 Å². The molecule has 1 unspecified atom stereocenters. The van der Waals surface area contributed by atoms with Gasteiger partial charge in [-0.15, -0.1) is 0 Å². The summed E-state index contributed by atoms with van der Waals surface area (Å²) in [4.78, 5) is 34.8. The van der Waals surface area contributed by atoms with E-state index in [0.29, 0.717) is 13.0 Å². The zero-order valence-corrected chi connectivity index (χ0v) is 33.9. The minimum absolute atomic E-state index is 0.0430. The molecule has 0 bridgehead atoms. The zero-order valence-electron chi connectivity index (χ0n) is 33.0. The van der Waals surface area contributed by atoms with Gasteiger partial charge in [-0.3, -0.25) is 18.6 Å². The van der Waals surface area contributed by atoms with Gasteiger partial charge in [0.2, 0.25) is 0 Å². The van der Waals surface area contributed by atoms with Crippen LogP contribution in [-0.2, 0) is 32.7 Å². The molecule has 2 atom stereocenters. The second-order valence-electron chi connectivity index (χ2n) is 13.9. The van der Waals surface area contributed by atoms with Crippen molar-refractivity contribution in [1.29, 1.82) is 0 Å². The van der Waals surface area contributed by atoms with Crippen molar-refractivity contribution in [1.82, 2.24) is 0 Å². The molecule has 0 aliphatic heterocycles. The van der Waals surface area contributed by atoms with Gasteiger partial charge in [0.25, 0.3) is 0 Å². The van der Waals surface area contributed by atoms with E-state index in [1.54, 1.807) is 0 Å². The van der Waals surface area contributed by atoms with Gasteiger partial charge in [0.15, 0.2) is 6.10 Å². The number of esters is 2. The van der Waals surface area contributed by atoms with E-state index in [1.807, 2.05) is 0 Å². The Morgan fingerprint density at radius 3 is 1.39 bits per heavy atom. The average molecular weight is 745 g/mol. The first-order chi connectivity index (χ1) is 24.8.